The zero-order valence-electron chi connectivity index (χ0n) is 52.8. The third-order valence-electron chi connectivity index (χ3n) is 16.5. The first-order valence-electron chi connectivity index (χ1n) is 30.8. The average molecular weight is 1340 g/mol. The van der Waals surface area contributed by atoms with Crippen LogP contribution in [0, 0.1) is 0 Å². The second-order valence-corrected chi connectivity index (χ2v) is 22.7. The van der Waals surface area contributed by atoms with Crippen molar-refractivity contribution in [1.82, 2.24) is 19.6 Å². The Morgan fingerprint density at radius 3 is 1.21 bits per heavy atom. The fraction of sp³-hybridized carbons (Fsp3) is 0.278. The molecule has 26 nitrogen and oxygen atoms in total. The molecule has 0 aliphatic carbocycles. The van der Waals surface area contributed by atoms with Gasteiger partial charge in [-0.3, -0.25) is 48.4 Å². The predicted octanol–water partition coefficient (Wildman–Crippen LogP) is 6.64. The Balaban J connectivity index is 0.000000153. The lowest BCUT2D eigenvalue weighted by Crippen LogP contribution is -2.63. The Labute approximate surface area is 561 Å². The zero-order valence-corrected chi connectivity index (χ0v) is 52.8. The van der Waals surface area contributed by atoms with E-state index in [0.717, 1.165) is 28.3 Å². The van der Waals surface area contributed by atoms with Crippen LogP contribution in [-0.2, 0) is 122 Å². The van der Waals surface area contributed by atoms with Crippen molar-refractivity contribution in [3.63, 3.8) is 0 Å². The number of hydrogen-bond donors (Lipinski definition) is 2. The molecule has 2 N–H and O–H groups in total. The van der Waals surface area contributed by atoms with E-state index in [-0.39, 0.29) is 130 Å². The van der Waals surface area contributed by atoms with Crippen molar-refractivity contribution in [3.05, 3.63) is 241 Å². The van der Waals surface area contributed by atoms with Crippen molar-refractivity contribution in [2.24, 2.45) is 0 Å². The Morgan fingerprint density at radius 2 is 0.857 bits per heavy atom. The predicted molar refractivity (Wildman–Crippen MR) is 340 cm³/mol. The van der Waals surface area contributed by atoms with Gasteiger partial charge in [0.2, 0.25) is 34.7 Å². The number of benzene rings is 4. The van der Waals surface area contributed by atoms with E-state index in [9.17, 15) is 62.6 Å². The molecule has 508 valence electrons. The Hall–Kier alpha value is -12.0. The van der Waals surface area contributed by atoms with Crippen LogP contribution >= 0.6 is 0 Å². The summed E-state index contributed by atoms with van der Waals surface area (Å²) in [7, 11) is 0. The quantitative estimate of drug-likeness (QED) is 0.0185. The molecule has 0 aromatic heterocycles. The topological polar surface area (TPSA) is 332 Å². The molecule has 8 heterocycles. The van der Waals surface area contributed by atoms with Gasteiger partial charge in [0.05, 0.1) is 37.3 Å². The Bertz CT molecular complexity index is 3940. The van der Waals surface area contributed by atoms with Gasteiger partial charge >= 0.3 is 35.8 Å². The lowest BCUT2D eigenvalue weighted by molar-refractivity contribution is -0.174. The number of carbonyl (C=O) groups is 12. The molecule has 8 fully saturated rings. The van der Waals surface area contributed by atoms with Crippen molar-refractivity contribution in [2.45, 2.75) is 126 Å². The number of aliphatic carboxylic acids is 2. The van der Waals surface area contributed by atoms with Crippen LogP contribution < -0.4 is 0 Å². The monoisotopic (exact) mass is 1340 g/mol. The number of allylic oxidation sites excluding steroid dienone is 4. The fourth-order valence-corrected chi connectivity index (χ4v) is 11.8. The molecule has 4 unspecified atom stereocenters. The van der Waals surface area contributed by atoms with Crippen molar-refractivity contribution < 1.29 is 106 Å². The number of fused-ring (bicyclic) bond motifs is 4. The van der Waals surface area contributed by atoms with Gasteiger partial charge in [0.25, 0.3) is 0 Å². The normalized spacial score (nSPS) is 24.7. The highest BCUT2D eigenvalue weighted by atomic mass is 16.6. The van der Waals surface area contributed by atoms with E-state index in [4.69, 9.17) is 43.0 Å². The van der Waals surface area contributed by atoms with E-state index in [1.54, 1.807) is 30.3 Å². The molecular formula is C72H68N4O22. The van der Waals surface area contributed by atoms with Gasteiger partial charge in [-0.15, -0.1) is 26.3 Å². The van der Waals surface area contributed by atoms with E-state index < -0.39 is 83.9 Å². The van der Waals surface area contributed by atoms with Crippen molar-refractivity contribution in [3.8, 4) is 0 Å². The molecule has 8 aliphatic rings. The highest BCUT2D eigenvalue weighted by Gasteiger charge is 2.66. The Morgan fingerprint density at radius 1 is 0.480 bits per heavy atom. The molecule has 0 spiro atoms. The van der Waals surface area contributed by atoms with Gasteiger partial charge < -0.3 is 48.1 Å². The van der Waals surface area contributed by atoms with E-state index in [1.807, 2.05) is 97.1 Å². The molecular weight excluding hydrogens is 1270 g/mol. The number of carboxylic acids is 2. The standard InChI is InChI=1S/2C18H17NO6.2C18H17NO5/c1-2-8-18(17(23)24-11-12-6-4-3-5-7-12)13(9-16(21)22)25-15-10-14(20)19(15)18;1-2-6-12(17(21)22)16-15(19-13(20)9-14(19)25-16)18(23)24-10-11-7-4-3-5-8-11;1-2-9-18(17(22)23-12-13-6-4-3-5-7-13)14(8-10-20)24-16-11-15(21)19(16)18;1-2-6-13(10-20)17-16(19-14(21)9-15(19)24-17)18(22)23-11-12-7-4-3-5-8-12/h2-7,9,15H,1,8,10-11H2,(H,21,22);2-5,7-8,14-15H,1,6,9-10H2,(H,21,22);2-8,10,16H,1,9,11-12H2;2-5,7-8,10,15-16H,1,6,9,11H2/t15-,18?;14-,15?;16-,18?;15-,16?/m1111/s1. The maximum atomic E-state index is 12.9. The SMILES string of the molecule is C=CCC(C(=O)O)=C1O[C@@H]2CC(=O)N2C1C(=O)OCc1ccccc1.C=CCC(C=O)=C1O[C@@H]2CC(=O)N2C1C(=O)OCc1ccccc1.C=CCC1(C(=O)OCc2ccccc2)C(=CC(=O)O)O[C@@H]2CC(=O)N21.C=CCC1(C(=O)OCc2ccccc2)C(=CC=O)O[C@@H]2CC(=O)N21. The summed E-state index contributed by atoms with van der Waals surface area (Å²) in [5, 5.41) is 18.5. The molecule has 26 heteroatoms. The molecule has 0 bridgehead atoms. The number of β-lactam (4-membered cyclic amide) rings is 4. The van der Waals surface area contributed by atoms with Gasteiger partial charge in [-0.2, -0.15) is 0 Å². The summed E-state index contributed by atoms with van der Waals surface area (Å²) in [6, 6.07) is 34.4. The van der Waals surface area contributed by atoms with Crippen LogP contribution in [-0.4, -0.2) is 150 Å². The van der Waals surface area contributed by atoms with Crippen LogP contribution in [0.1, 0.15) is 73.6 Å². The summed E-state index contributed by atoms with van der Waals surface area (Å²) in [4.78, 5) is 149. The lowest BCUT2D eigenvalue weighted by atomic mass is 9.88. The minimum absolute atomic E-state index is 0.00196. The summed E-state index contributed by atoms with van der Waals surface area (Å²) in [5.41, 5.74) is 0.365. The molecule has 98 heavy (non-hydrogen) atoms. The second kappa shape index (κ2) is 31.5. The third-order valence-corrected chi connectivity index (χ3v) is 16.5. The largest absolute Gasteiger partial charge is 0.478 e. The van der Waals surface area contributed by atoms with Crippen LogP contribution in [0.3, 0.4) is 0 Å². The molecule has 4 amide bonds. The first-order valence-corrected chi connectivity index (χ1v) is 30.8. The molecule has 0 saturated carbocycles. The summed E-state index contributed by atoms with van der Waals surface area (Å²) in [6.07, 6.45) is 7.73. The Kier molecular flexibility index (Phi) is 22.6. The highest BCUT2D eigenvalue weighted by Crippen LogP contribution is 2.49. The number of nitrogens with zero attached hydrogens (tertiary/aromatic N) is 4. The summed E-state index contributed by atoms with van der Waals surface area (Å²) < 4.78 is 43.7. The molecule has 8 atom stereocenters. The molecule has 0 radical (unpaired) electrons. The van der Waals surface area contributed by atoms with E-state index in [2.05, 4.69) is 26.3 Å². The van der Waals surface area contributed by atoms with Gasteiger partial charge in [0.15, 0.2) is 37.0 Å². The number of amides is 4. The van der Waals surface area contributed by atoms with Gasteiger partial charge in [-0.05, 0) is 28.7 Å². The second-order valence-electron chi connectivity index (χ2n) is 22.7. The van der Waals surface area contributed by atoms with E-state index in [1.165, 1.54) is 43.9 Å². The number of esters is 4. The number of rotatable bonds is 24. The first-order chi connectivity index (χ1) is 47.3. The summed E-state index contributed by atoms with van der Waals surface area (Å²) in [6.45, 7) is 14.6. The number of aldehydes is 2. The number of carbonyl (C=O) groups excluding carboxylic acids is 10. The molecule has 8 saturated heterocycles. The third kappa shape index (κ3) is 14.6. The minimum Gasteiger partial charge on any atom is -0.478 e. The van der Waals surface area contributed by atoms with Crippen LogP contribution in [0.25, 0.3) is 0 Å². The number of hydrogen-bond acceptors (Lipinski definition) is 20. The van der Waals surface area contributed by atoms with Crippen LogP contribution in [0.15, 0.2) is 218 Å². The van der Waals surface area contributed by atoms with Crippen molar-refractivity contribution >= 4 is 72.0 Å². The molecule has 8 aliphatic heterocycles. The number of ether oxygens (including phenoxy) is 8. The first kappa shape index (κ1) is 70.4. The van der Waals surface area contributed by atoms with Crippen LogP contribution in [0.5, 0.6) is 0 Å². The molecule has 12 rings (SSSR count). The van der Waals surface area contributed by atoms with Crippen molar-refractivity contribution in [1.29, 1.82) is 0 Å². The summed E-state index contributed by atoms with van der Waals surface area (Å²) in [5.74, 6) is -5.96. The minimum atomic E-state index is -1.62. The maximum Gasteiger partial charge on any atom is 0.340 e. The number of carboxylic acid groups (broad SMARTS) is 2. The van der Waals surface area contributed by atoms with Gasteiger partial charge in [-0.1, -0.05) is 146 Å². The van der Waals surface area contributed by atoms with Gasteiger partial charge in [0.1, 0.15) is 62.0 Å². The van der Waals surface area contributed by atoms with Crippen molar-refractivity contribution in [2.75, 3.05) is 0 Å². The van der Waals surface area contributed by atoms with E-state index >= 15 is 0 Å². The maximum absolute atomic E-state index is 12.9. The van der Waals surface area contributed by atoms with Gasteiger partial charge in [-0.25, -0.2) is 28.8 Å². The highest BCUT2D eigenvalue weighted by molar-refractivity contribution is 5.99. The lowest BCUT2D eigenvalue weighted by Gasteiger charge is -2.40. The fourth-order valence-electron chi connectivity index (χ4n) is 11.8. The molecule has 4 aromatic carbocycles. The zero-order chi connectivity index (χ0) is 70.3. The van der Waals surface area contributed by atoms with Gasteiger partial charge in [0, 0.05) is 30.9 Å². The average Bonchev–Trinajstić information content (AvgIpc) is 1.58. The van der Waals surface area contributed by atoms with Crippen LogP contribution in [0.2, 0.25) is 0 Å². The molecule has 4 aromatic rings. The van der Waals surface area contributed by atoms with E-state index in [0.29, 0.717) is 18.1 Å². The smallest absolute Gasteiger partial charge is 0.340 e. The summed E-state index contributed by atoms with van der Waals surface area (Å²) >= 11 is 0. The van der Waals surface area contributed by atoms with Crippen LogP contribution in [0.4, 0.5) is 0 Å².